The van der Waals surface area contributed by atoms with Gasteiger partial charge in [0.1, 0.15) is 17.0 Å². The molecule has 0 aromatic rings. The van der Waals surface area contributed by atoms with Gasteiger partial charge in [-0.25, -0.2) is 0 Å². The predicted molar refractivity (Wildman–Crippen MR) is 216 cm³/mol. The van der Waals surface area contributed by atoms with E-state index in [1.165, 1.54) is 0 Å². The fourth-order valence-electron chi connectivity index (χ4n) is 3.44. The van der Waals surface area contributed by atoms with Crippen LogP contribution in [-0.2, 0) is 79.5 Å². The van der Waals surface area contributed by atoms with Crippen molar-refractivity contribution in [2.45, 2.75) is 168 Å². The van der Waals surface area contributed by atoms with Gasteiger partial charge in [0.2, 0.25) is 5.91 Å². The highest BCUT2D eigenvalue weighted by Crippen LogP contribution is 2.20. The van der Waals surface area contributed by atoms with Crippen molar-refractivity contribution in [1.82, 2.24) is 5.32 Å². The third kappa shape index (κ3) is 28.5. The zero-order valence-electron chi connectivity index (χ0n) is 34.0. The molecule has 0 aliphatic carbocycles. The molecule has 0 saturated heterocycles. The standard InChI is InChI=1S/C18H33NO4S2.C11H21NO3.C7H14O2S2/c1-12(16(22)23-17(3,4)5)11-14(20)13(2)19-15(21)9-10-18(6,7)25(8)24;1-7(6-9(13)8(2)12)10(14)15-11(3,4)5;1-7(2,11(3)10)5-4-6(8)9/h12-13H,9-11H2,1-8H3,(H,19,21);7-8H,6,12H2,1-5H3;4-5H2,1-3H3,(H,8,9)/t12-,13+,25?;7-,8+;/m11./s1. The zero-order valence-corrected chi connectivity index (χ0v) is 37.2. The zero-order chi connectivity index (χ0) is 41.3. The summed E-state index contributed by atoms with van der Waals surface area (Å²) in [5, 5.41) is 11.1. The van der Waals surface area contributed by atoms with Gasteiger partial charge in [-0.3, -0.25) is 28.8 Å². The highest BCUT2D eigenvalue weighted by molar-refractivity contribution is 8.29. The first-order valence-corrected chi connectivity index (χ1v) is 22.2. The number of ketones is 2. The predicted octanol–water partition coefficient (Wildman–Crippen LogP) is 5.31. The molecular weight excluding hydrogens is 733 g/mol. The topological polar surface area (TPSA) is 179 Å². The van der Waals surface area contributed by atoms with Gasteiger partial charge in [-0.05, 0) is 80.7 Å². The summed E-state index contributed by atoms with van der Waals surface area (Å²) in [6.45, 7) is 25.5. The maximum atomic E-state index is 12.2. The minimum atomic E-state index is -0.737. The van der Waals surface area contributed by atoms with Crippen molar-refractivity contribution in [3.05, 3.63) is 0 Å². The molecule has 0 fully saturated rings. The highest BCUT2D eigenvalue weighted by atomic mass is 32.8. The first-order chi connectivity index (χ1) is 22.6. The minimum absolute atomic E-state index is 0.00623. The molecule has 0 aromatic heterocycles. The van der Waals surface area contributed by atoms with E-state index in [-0.39, 0.29) is 71.1 Å². The number of hydrogen-bond donors (Lipinski definition) is 3. The number of nitrogens with two attached hydrogens (primary N) is 1. The summed E-state index contributed by atoms with van der Waals surface area (Å²) >= 11 is 10.4. The number of carbonyl (C=O) groups excluding carboxylic acids is 5. The maximum Gasteiger partial charge on any atom is 0.309 e. The molecule has 0 heterocycles. The lowest BCUT2D eigenvalue weighted by Gasteiger charge is -2.24. The van der Waals surface area contributed by atoms with E-state index >= 15 is 0 Å². The Labute approximate surface area is 322 Å². The summed E-state index contributed by atoms with van der Waals surface area (Å²) in [5.41, 5.74) is 4.32. The number of aliphatic carboxylic acids is 1. The van der Waals surface area contributed by atoms with Crippen molar-refractivity contribution in [2.24, 2.45) is 17.6 Å². The van der Waals surface area contributed by atoms with Gasteiger partial charge in [0.15, 0.2) is 5.78 Å². The fourth-order valence-corrected chi connectivity index (χ4v) is 4.72. The van der Waals surface area contributed by atoms with E-state index < -0.39 is 47.1 Å². The van der Waals surface area contributed by atoms with Crippen LogP contribution in [0, 0.1) is 11.8 Å². The van der Waals surface area contributed by atoms with Gasteiger partial charge >= 0.3 is 17.9 Å². The Balaban J connectivity index is -0.000000750. The summed E-state index contributed by atoms with van der Waals surface area (Å²) in [4.78, 5) is 69.3. The van der Waals surface area contributed by atoms with Crippen molar-refractivity contribution in [2.75, 3.05) is 12.5 Å². The van der Waals surface area contributed by atoms with Gasteiger partial charge in [-0.2, -0.15) is 0 Å². The Morgan fingerprint density at radius 2 is 1.00 bits per heavy atom. The number of rotatable bonds is 17. The second kappa shape index (κ2) is 23.9. The van der Waals surface area contributed by atoms with E-state index in [0.717, 1.165) is 0 Å². The quantitative estimate of drug-likeness (QED) is 0.162. The van der Waals surface area contributed by atoms with E-state index in [9.17, 15) is 28.8 Å². The summed E-state index contributed by atoms with van der Waals surface area (Å²) in [6, 6.07) is -1.14. The smallest absolute Gasteiger partial charge is 0.309 e. The Hall–Kier alpha value is -1.68. The minimum Gasteiger partial charge on any atom is -0.481 e. The van der Waals surface area contributed by atoms with Crippen LogP contribution in [0.15, 0.2) is 0 Å². The van der Waals surface area contributed by atoms with Crippen LogP contribution in [-0.4, -0.2) is 85.8 Å². The van der Waals surface area contributed by atoms with Crippen LogP contribution in [0.5, 0.6) is 0 Å². The van der Waals surface area contributed by atoms with Crippen molar-refractivity contribution < 1.29 is 43.3 Å². The van der Waals surface area contributed by atoms with E-state index in [1.807, 2.05) is 40.2 Å². The van der Waals surface area contributed by atoms with E-state index in [4.69, 9.17) is 42.7 Å². The van der Waals surface area contributed by atoms with Crippen LogP contribution in [0.3, 0.4) is 0 Å². The third-order valence-corrected chi connectivity index (χ3v) is 13.7. The van der Waals surface area contributed by atoms with Gasteiger partial charge in [-0.1, -0.05) is 63.9 Å². The van der Waals surface area contributed by atoms with Gasteiger partial charge in [0.05, 0.1) is 23.9 Å². The molecule has 15 heteroatoms. The van der Waals surface area contributed by atoms with Gasteiger partial charge in [0.25, 0.3) is 0 Å². The third-order valence-electron chi connectivity index (χ3n) is 7.45. The van der Waals surface area contributed by atoms with E-state index in [2.05, 4.69) is 5.32 Å². The number of Topliss-reactive ketones (excluding diaryl/α,β-unsaturated/α-hetero) is 2. The summed E-state index contributed by atoms with van der Waals surface area (Å²) in [7, 11) is -0.323. The molecule has 0 aliphatic heterocycles. The molecule has 1 amide bonds. The molecule has 51 heavy (non-hydrogen) atoms. The Kier molecular flexibility index (Phi) is 25.1. The highest BCUT2D eigenvalue weighted by Gasteiger charge is 2.28. The molecule has 4 N–H and O–H groups in total. The summed E-state index contributed by atoms with van der Waals surface area (Å²) in [6.07, 6.45) is 6.05. The number of esters is 2. The average molecular weight is 801 g/mol. The van der Waals surface area contributed by atoms with Crippen LogP contribution in [0.25, 0.3) is 0 Å². The SMILES string of the molecule is CS(=S)C(C)(C)CCC(=O)O.C[C@H](CC(=O)[C@H](C)NC(=O)CCC(C)(C)S(C)=S)C(=O)OC(C)(C)C.C[C@H](N)C(=O)C[C@@H](C)C(=O)OC(C)(C)C. The second-order valence-electron chi connectivity index (χ2n) is 16.1. The lowest BCUT2D eigenvalue weighted by Crippen LogP contribution is -2.40. The van der Waals surface area contributed by atoms with Crippen LogP contribution < -0.4 is 11.1 Å². The molecule has 0 spiro atoms. The molecule has 0 aromatic carbocycles. The molecule has 11 nitrogen and oxygen atoms in total. The fraction of sp³-hybridized carbons (Fsp3) is 0.833. The number of hydrogen-bond acceptors (Lipinski definition) is 11. The molecule has 0 rings (SSSR count). The maximum absolute atomic E-state index is 12.2. The van der Waals surface area contributed by atoms with Crippen LogP contribution >= 0.6 is 0 Å². The van der Waals surface area contributed by atoms with Gasteiger partial charge in [-0.15, -0.1) is 18.9 Å². The number of carbonyl (C=O) groups is 6. The number of nitrogens with one attached hydrogen (secondary N) is 1. The molecule has 300 valence electrons. The van der Waals surface area contributed by atoms with E-state index in [1.54, 1.807) is 69.2 Å². The van der Waals surface area contributed by atoms with Crippen molar-refractivity contribution in [3.8, 4) is 0 Å². The van der Waals surface area contributed by atoms with Crippen molar-refractivity contribution >= 4 is 76.7 Å². The largest absolute Gasteiger partial charge is 0.481 e. The number of carboxylic acids is 1. The first kappa shape index (κ1) is 53.7. The van der Waals surface area contributed by atoms with Crippen molar-refractivity contribution in [3.63, 3.8) is 0 Å². The number of ether oxygens (including phenoxy) is 2. The molecule has 0 bridgehead atoms. The van der Waals surface area contributed by atoms with Crippen LogP contribution in [0.4, 0.5) is 0 Å². The van der Waals surface area contributed by atoms with Crippen LogP contribution in [0.2, 0.25) is 0 Å². The molecule has 6 atom stereocenters. The summed E-state index contributed by atoms with van der Waals surface area (Å²) < 4.78 is 10.3. The van der Waals surface area contributed by atoms with Crippen molar-refractivity contribution in [1.29, 1.82) is 0 Å². The van der Waals surface area contributed by atoms with E-state index in [0.29, 0.717) is 19.3 Å². The lowest BCUT2D eigenvalue weighted by atomic mass is 10.00. The Bertz CT molecular complexity index is 1220. The Morgan fingerprint density at radius 1 is 0.667 bits per heavy atom. The number of amides is 1. The van der Waals surface area contributed by atoms with Gasteiger partial charge < -0.3 is 25.6 Å². The monoisotopic (exact) mass is 800 g/mol. The second-order valence-corrected chi connectivity index (χ2v) is 23.1. The first-order valence-electron chi connectivity index (χ1n) is 17.1. The van der Waals surface area contributed by atoms with Crippen LogP contribution in [0.1, 0.15) is 135 Å². The average Bonchev–Trinajstić information content (AvgIpc) is 2.93. The molecule has 0 radical (unpaired) electrons. The normalized spacial score (nSPS) is 15.5. The molecule has 2 unspecified atom stereocenters. The number of carboxylic acid groups (broad SMARTS) is 1. The lowest BCUT2D eigenvalue weighted by molar-refractivity contribution is -0.161. The Morgan fingerprint density at radius 3 is 1.29 bits per heavy atom. The summed E-state index contributed by atoms with van der Waals surface area (Å²) in [5.74, 6) is -2.91. The molecule has 0 aliphatic rings. The molecule has 0 saturated carbocycles. The van der Waals surface area contributed by atoms with Gasteiger partial charge in [0, 0.05) is 35.2 Å². The molecular formula is C36H68N2O9S4.